The lowest BCUT2D eigenvalue weighted by Crippen LogP contribution is -3.16. The van der Waals surface area contributed by atoms with E-state index in [0.717, 1.165) is 49.7 Å². The number of aliphatic hydroxyl groups is 1. The number of para-hydroxylation sites is 1. The summed E-state index contributed by atoms with van der Waals surface area (Å²) in [5, 5.41) is 10.4. The molecule has 1 saturated heterocycles. The van der Waals surface area contributed by atoms with Crippen LogP contribution in [0.2, 0.25) is 0 Å². The molecular formula is C23H31N2O3+. The molecule has 0 amide bonds. The smallest absolute Gasteiger partial charge is 0.137 e. The van der Waals surface area contributed by atoms with E-state index in [1.54, 1.807) is 7.11 Å². The van der Waals surface area contributed by atoms with E-state index >= 15 is 0 Å². The first-order valence-corrected chi connectivity index (χ1v) is 9.92. The summed E-state index contributed by atoms with van der Waals surface area (Å²) in [6.07, 6.45) is 2.16. The van der Waals surface area contributed by atoms with E-state index in [9.17, 15) is 5.11 Å². The van der Waals surface area contributed by atoms with Gasteiger partial charge in [0.1, 0.15) is 30.8 Å². The Morgan fingerprint density at radius 3 is 2.54 bits per heavy atom. The van der Waals surface area contributed by atoms with Crippen molar-refractivity contribution in [1.29, 1.82) is 0 Å². The minimum absolute atomic E-state index is 0.319. The van der Waals surface area contributed by atoms with E-state index in [-0.39, 0.29) is 0 Å². The average Bonchev–Trinajstić information content (AvgIpc) is 2.74. The molecule has 0 saturated carbocycles. The molecule has 5 heteroatoms. The Bertz CT molecular complexity index is 740. The molecule has 28 heavy (non-hydrogen) atoms. The summed E-state index contributed by atoms with van der Waals surface area (Å²) in [6, 6.07) is 16.1. The lowest BCUT2D eigenvalue weighted by molar-refractivity contribution is -0.903. The molecule has 3 rings (SSSR count). The van der Waals surface area contributed by atoms with Crippen LogP contribution in [0.25, 0.3) is 0 Å². The van der Waals surface area contributed by atoms with Crippen LogP contribution < -0.4 is 19.3 Å². The van der Waals surface area contributed by atoms with Crippen molar-refractivity contribution in [3.05, 3.63) is 66.7 Å². The van der Waals surface area contributed by atoms with E-state index in [1.165, 1.54) is 10.6 Å². The molecule has 0 spiro atoms. The summed E-state index contributed by atoms with van der Waals surface area (Å²) in [4.78, 5) is 3.80. The number of benzene rings is 2. The molecule has 2 N–H and O–H groups in total. The second-order valence-electron chi connectivity index (χ2n) is 7.20. The van der Waals surface area contributed by atoms with Gasteiger partial charge in [0.15, 0.2) is 0 Å². The van der Waals surface area contributed by atoms with Gasteiger partial charge >= 0.3 is 0 Å². The number of quaternary nitrogens is 1. The average molecular weight is 384 g/mol. The lowest BCUT2D eigenvalue weighted by Gasteiger charge is -2.34. The van der Waals surface area contributed by atoms with Crippen molar-refractivity contribution in [2.75, 3.05) is 51.3 Å². The van der Waals surface area contributed by atoms with Gasteiger partial charge in [-0.3, -0.25) is 0 Å². The fourth-order valence-corrected chi connectivity index (χ4v) is 3.63. The number of nitrogens with one attached hydrogen (secondary N) is 1. The van der Waals surface area contributed by atoms with Crippen LogP contribution in [-0.4, -0.2) is 57.7 Å². The molecule has 2 aromatic rings. The lowest BCUT2D eigenvalue weighted by atomic mass is 10.1. The van der Waals surface area contributed by atoms with Gasteiger partial charge in [0.2, 0.25) is 0 Å². The van der Waals surface area contributed by atoms with Crippen LogP contribution in [0, 0.1) is 0 Å². The summed E-state index contributed by atoms with van der Waals surface area (Å²) >= 11 is 0. The minimum atomic E-state index is -0.473. The van der Waals surface area contributed by atoms with Crippen LogP contribution in [0.3, 0.4) is 0 Å². The highest BCUT2D eigenvalue weighted by molar-refractivity contribution is 5.49. The Balaban J connectivity index is 1.43. The van der Waals surface area contributed by atoms with Crippen LogP contribution in [0.15, 0.2) is 61.2 Å². The zero-order chi connectivity index (χ0) is 19.8. The number of hydrogen-bond donors (Lipinski definition) is 2. The van der Waals surface area contributed by atoms with E-state index in [4.69, 9.17) is 9.47 Å². The molecule has 0 unspecified atom stereocenters. The molecular weight excluding hydrogens is 352 g/mol. The van der Waals surface area contributed by atoms with Gasteiger partial charge in [0.25, 0.3) is 0 Å². The molecule has 5 nitrogen and oxygen atoms in total. The predicted molar refractivity (Wildman–Crippen MR) is 113 cm³/mol. The van der Waals surface area contributed by atoms with Gasteiger partial charge in [0.05, 0.1) is 33.3 Å². The van der Waals surface area contributed by atoms with Crippen LogP contribution >= 0.6 is 0 Å². The number of piperazine rings is 1. The molecule has 0 aromatic heterocycles. The molecule has 0 aliphatic carbocycles. The summed E-state index contributed by atoms with van der Waals surface area (Å²) in [7, 11) is 1.68. The Labute approximate surface area is 167 Å². The molecule has 2 aromatic carbocycles. The number of methoxy groups -OCH3 is 1. The minimum Gasteiger partial charge on any atom is -0.497 e. The Hall–Kier alpha value is -2.50. The zero-order valence-electron chi connectivity index (χ0n) is 16.6. The molecule has 1 aliphatic rings. The molecule has 1 fully saturated rings. The Morgan fingerprint density at radius 1 is 1.14 bits per heavy atom. The maximum Gasteiger partial charge on any atom is 0.137 e. The van der Waals surface area contributed by atoms with Crippen molar-refractivity contribution >= 4 is 5.69 Å². The third-order valence-corrected chi connectivity index (χ3v) is 5.20. The normalized spacial score (nSPS) is 15.9. The maximum absolute atomic E-state index is 10.4. The van der Waals surface area contributed by atoms with Crippen LogP contribution in [0.1, 0.15) is 5.56 Å². The summed E-state index contributed by atoms with van der Waals surface area (Å²) in [5.41, 5.74) is 2.33. The van der Waals surface area contributed by atoms with E-state index in [0.29, 0.717) is 13.2 Å². The van der Waals surface area contributed by atoms with Crippen molar-refractivity contribution in [3.63, 3.8) is 0 Å². The van der Waals surface area contributed by atoms with Crippen molar-refractivity contribution in [1.82, 2.24) is 0 Å². The van der Waals surface area contributed by atoms with Crippen LogP contribution in [-0.2, 0) is 6.42 Å². The van der Waals surface area contributed by atoms with Crippen molar-refractivity contribution in [2.24, 2.45) is 0 Å². The summed E-state index contributed by atoms with van der Waals surface area (Å²) < 4.78 is 11.1. The first-order chi connectivity index (χ1) is 13.7. The number of rotatable bonds is 9. The number of ether oxygens (including phenoxy) is 2. The van der Waals surface area contributed by atoms with E-state index in [1.807, 2.05) is 42.5 Å². The highest BCUT2D eigenvalue weighted by Crippen LogP contribution is 2.20. The number of aliphatic hydroxyl groups excluding tert-OH is 1. The fourth-order valence-electron chi connectivity index (χ4n) is 3.63. The second kappa shape index (κ2) is 10.2. The number of allylic oxidation sites excluding steroid dienone is 1. The van der Waals surface area contributed by atoms with Crippen LogP contribution in [0.5, 0.6) is 11.5 Å². The fraction of sp³-hybridized carbons (Fsp3) is 0.391. The van der Waals surface area contributed by atoms with Crippen molar-refractivity contribution in [2.45, 2.75) is 12.5 Å². The Morgan fingerprint density at radius 2 is 1.86 bits per heavy atom. The van der Waals surface area contributed by atoms with Gasteiger partial charge in [-0.05, 0) is 42.3 Å². The van der Waals surface area contributed by atoms with Gasteiger partial charge in [-0.15, -0.1) is 6.58 Å². The first-order valence-electron chi connectivity index (χ1n) is 9.92. The largest absolute Gasteiger partial charge is 0.497 e. The van der Waals surface area contributed by atoms with Gasteiger partial charge < -0.3 is 24.4 Å². The molecule has 1 heterocycles. The molecule has 0 bridgehead atoms. The standard InChI is InChI=1S/C23H30N2O3/c1-3-6-19-7-4-5-8-23(19)28-18-21(26)17-24-13-15-25(16-14-24)20-9-11-22(27-2)12-10-20/h3-5,7-12,21,26H,1,6,13-18H2,2H3/p+1/t21-/m0/s1. The zero-order valence-corrected chi connectivity index (χ0v) is 16.6. The number of hydrogen-bond acceptors (Lipinski definition) is 4. The Kier molecular flexibility index (Phi) is 7.34. The van der Waals surface area contributed by atoms with Gasteiger partial charge in [-0.25, -0.2) is 0 Å². The quantitative estimate of drug-likeness (QED) is 0.646. The summed E-state index contributed by atoms with van der Waals surface area (Å²) in [6.45, 7) is 8.80. The first kappa shape index (κ1) is 20.2. The molecule has 0 radical (unpaired) electrons. The predicted octanol–water partition coefficient (Wildman–Crippen LogP) is 1.57. The van der Waals surface area contributed by atoms with Crippen LogP contribution in [0.4, 0.5) is 5.69 Å². The van der Waals surface area contributed by atoms with Gasteiger partial charge in [0, 0.05) is 5.69 Å². The SMILES string of the molecule is C=CCc1ccccc1OC[C@@H](O)C[NH+]1CCN(c2ccc(OC)cc2)CC1. The van der Waals surface area contributed by atoms with Crippen molar-refractivity contribution in [3.8, 4) is 11.5 Å². The third-order valence-electron chi connectivity index (χ3n) is 5.20. The highest BCUT2D eigenvalue weighted by Gasteiger charge is 2.23. The monoisotopic (exact) mass is 383 g/mol. The second-order valence-corrected chi connectivity index (χ2v) is 7.20. The summed E-state index contributed by atoms with van der Waals surface area (Å²) in [5.74, 6) is 1.71. The molecule has 1 atom stereocenters. The highest BCUT2D eigenvalue weighted by atomic mass is 16.5. The maximum atomic E-state index is 10.4. The van der Waals surface area contributed by atoms with E-state index < -0.39 is 6.10 Å². The van der Waals surface area contributed by atoms with Crippen molar-refractivity contribution < 1.29 is 19.5 Å². The number of anilines is 1. The van der Waals surface area contributed by atoms with E-state index in [2.05, 4.69) is 23.6 Å². The topological polar surface area (TPSA) is 46.4 Å². The van der Waals surface area contributed by atoms with Gasteiger partial charge in [-0.2, -0.15) is 0 Å². The number of nitrogens with zero attached hydrogens (tertiary/aromatic N) is 1. The third kappa shape index (κ3) is 5.50. The molecule has 1 aliphatic heterocycles. The van der Waals surface area contributed by atoms with Gasteiger partial charge in [-0.1, -0.05) is 24.3 Å². The molecule has 150 valence electrons.